The van der Waals surface area contributed by atoms with Gasteiger partial charge in [0, 0.05) is 6.04 Å². The molecule has 0 aromatic heterocycles. The quantitative estimate of drug-likeness (QED) is 0.567. The summed E-state index contributed by atoms with van der Waals surface area (Å²) in [5.74, 6) is 0.799. The number of nitrogens with two attached hydrogens (primary N) is 1. The second-order valence-corrected chi connectivity index (χ2v) is 5.30. The first kappa shape index (κ1) is 7.60. The van der Waals surface area contributed by atoms with E-state index in [1.165, 1.54) is 19.3 Å². The van der Waals surface area contributed by atoms with Crippen molar-refractivity contribution in [3.63, 3.8) is 0 Å². The van der Waals surface area contributed by atoms with Crippen LogP contribution in [0.1, 0.15) is 40.0 Å². The summed E-state index contributed by atoms with van der Waals surface area (Å²) in [6, 6.07) is 0.490. The molecule has 64 valence electrons. The number of fused-ring (bicyclic) bond motifs is 2. The average molecular weight is 153 g/mol. The summed E-state index contributed by atoms with van der Waals surface area (Å²) in [6.45, 7) is 7.22. The Balaban J connectivity index is 2.37. The van der Waals surface area contributed by atoms with Gasteiger partial charge in [0.15, 0.2) is 0 Å². The number of hydrogen-bond acceptors (Lipinski definition) is 1. The molecule has 2 bridgehead atoms. The first-order chi connectivity index (χ1) is 4.97. The monoisotopic (exact) mass is 153 g/mol. The van der Waals surface area contributed by atoms with Crippen LogP contribution >= 0.6 is 0 Å². The number of rotatable bonds is 0. The van der Waals surface area contributed by atoms with E-state index in [1.807, 2.05) is 0 Å². The minimum atomic E-state index is 0.490. The molecular formula is C10H19N. The average Bonchev–Trinajstić information content (AvgIpc) is 2.13. The minimum absolute atomic E-state index is 0.490. The van der Waals surface area contributed by atoms with Crippen LogP contribution in [0.15, 0.2) is 0 Å². The van der Waals surface area contributed by atoms with Crippen molar-refractivity contribution >= 4 is 0 Å². The Morgan fingerprint density at radius 1 is 1.27 bits per heavy atom. The molecule has 0 aromatic rings. The van der Waals surface area contributed by atoms with Crippen molar-refractivity contribution in [2.45, 2.75) is 46.1 Å². The first-order valence-electron chi connectivity index (χ1n) is 4.73. The molecule has 2 rings (SSSR count). The van der Waals surface area contributed by atoms with Gasteiger partial charge in [-0.3, -0.25) is 0 Å². The summed E-state index contributed by atoms with van der Waals surface area (Å²) in [7, 11) is 0. The number of hydrogen-bond donors (Lipinski definition) is 1. The van der Waals surface area contributed by atoms with E-state index in [0.29, 0.717) is 16.9 Å². The Morgan fingerprint density at radius 3 is 2.09 bits per heavy atom. The van der Waals surface area contributed by atoms with Crippen molar-refractivity contribution in [1.82, 2.24) is 0 Å². The molecule has 3 atom stereocenters. The van der Waals surface area contributed by atoms with Crippen LogP contribution in [0.25, 0.3) is 0 Å². The zero-order valence-corrected chi connectivity index (χ0v) is 7.85. The summed E-state index contributed by atoms with van der Waals surface area (Å²) < 4.78 is 0. The summed E-state index contributed by atoms with van der Waals surface area (Å²) >= 11 is 0. The van der Waals surface area contributed by atoms with Crippen LogP contribution in [0.3, 0.4) is 0 Å². The van der Waals surface area contributed by atoms with E-state index >= 15 is 0 Å². The SMILES string of the molecule is CC12CCC(C(N)C1)C2(C)C. The van der Waals surface area contributed by atoms with Gasteiger partial charge >= 0.3 is 0 Å². The minimum Gasteiger partial charge on any atom is -0.327 e. The predicted molar refractivity (Wildman–Crippen MR) is 47.2 cm³/mol. The van der Waals surface area contributed by atoms with Crippen molar-refractivity contribution in [3.8, 4) is 0 Å². The van der Waals surface area contributed by atoms with Gasteiger partial charge in [0.2, 0.25) is 0 Å². The van der Waals surface area contributed by atoms with Crippen LogP contribution < -0.4 is 5.73 Å². The molecule has 2 fully saturated rings. The molecule has 0 amide bonds. The third kappa shape index (κ3) is 0.703. The molecular weight excluding hydrogens is 134 g/mol. The fourth-order valence-corrected chi connectivity index (χ4v) is 3.38. The first-order valence-corrected chi connectivity index (χ1v) is 4.73. The summed E-state index contributed by atoms with van der Waals surface area (Å²) in [6.07, 6.45) is 4.02. The zero-order valence-electron chi connectivity index (χ0n) is 7.85. The van der Waals surface area contributed by atoms with E-state index in [1.54, 1.807) is 0 Å². The molecule has 2 N–H and O–H groups in total. The van der Waals surface area contributed by atoms with E-state index < -0.39 is 0 Å². The van der Waals surface area contributed by atoms with Gasteiger partial charge in [-0.15, -0.1) is 0 Å². The van der Waals surface area contributed by atoms with Gasteiger partial charge in [0.1, 0.15) is 0 Å². The van der Waals surface area contributed by atoms with Crippen LogP contribution in [0.4, 0.5) is 0 Å². The molecule has 1 nitrogen and oxygen atoms in total. The van der Waals surface area contributed by atoms with Gasteiger partial charge in [0.25, 0.3) is 0 Å². The fourth-order valence-electron chi connectivity index (χ4n) is 3.38. The van der Waals surface area contributed by atoms with E-state index in [-0.39, 0.29) is 0 Å². The lowest BCUT2D eigenvalue weighted by Gasteiger charge is -2.33. The van der Waals surface area contributed by atoms with E-state index in [9.17, 15) is 0 Å². The molecule has 0 aliphatic heterocycles. The van der Waals surface area contributed by atoms with Crippen molar-refractivity contribution in [2.24, 2.45) is 22.5 Å². The molecule has 0 aromatic carbocycles. The van der Waals surface area contributed by atoms with E-state index in [2.05, 4.69) is 20.8 Å². The maximum absolute atomic E-state index is 6.08. The molecule has 0 saturated heterocycles. The third-order valence-electron chi connectivity index (χ3n) is 4.69. The lowest BCUT2D eigenvalue weighted by Crippen LogP contribution is -2.29. The summed E-state index contributed by atoms with van der Waals surface area (Å²) in [4.78, 5) is 0. The van der Waals surface area contributed by atoms with Crippen molar-refractivity contribution in [1.29, 1.82) is 0 Å². The van der Waals surface area contributed by atoms with Gasteiger partial charge in [-0.1, -0.05) is 20.8 Å². The summed E-state index contributed by atoms with van der Waals surface area (Å²) in [5.41, 5.74) is 7.14. The van der Waals surface area contributed by atoms with Crippen LogP contribution in [-0.4, -0.2) is 6.04 Å². The molecule has 0 spiro atoms. The highest BCUT2D eigenvalue weighted by atomic mass is 14.8. The van der Waals surface area contributed by atoms with Crippen LogP contribution in [0.5, 0.6) is 0 Å². The van der Waals surface area contributed by atoms with Gasteiger partial charge in [0.05, 0.1) is 0 Å². The second-order valence-electron chi connectivity index (χ2n) is 5.30. The normalized spacial score (nSPS) is 53.5. The maximum Gasteiger partial charge on any atom is 0.00778 e. The Morgan fingerprint density at radius 2 is 1.91 bits per heavy atom. The van der Waals surface area contributed by atoms with E-state index in [0.717, 1.165) is 5.92 Å². The largest absolute Gasteiger partial charge is 0.327 e. The molecule has 0 heterocycles. The van der Waals surface area contributed by atoms with Crippen molar-refractivity contribution in [2.75, 3.05) is 0 Å². The molecule has 11 heavy (non-hydrogen) atoms. The van der Waals surface area contributed by atoms with Crippen LogP contribution in [-0.2, 0) is 0 Å². The molecule has 2 aliphatic carbocycles. The zero-order chi connectivity index (χ0) is 8.28. The molecule has 3 unspecified atom stereocenters. The van der Waals surface area contributed by atoms with E-state index in [4.69, 9.17) is 5.73 Å². The van der Waals surface area contributed by atoms with Crippen molar-refractivity contribution in [3.05, 3.63) is 0 Å². The highest BCUT2D eigenvalue weighted by Crippen LogP contribution is 2.64. The maximum atomic E-state index is 6.08. The Hall–Kier alpha value is -0.0400. The second kappa shape index (κ2) is 1.82. The Bertz CT molecular complexity index is 183. The smallest absolute Gasteiger partial charge is 0.00778 e. The lowest BCUT2D eigenvalue weighted by molar-refractivity contribution is 0.152. The van der Waals surface area contributed by atoms with Gasteiger partial charge in [-0.2, -0.15) is 0 Å². The van der Waals surface area contributed by atoms with Crippen LogP contribution in [0, 0.1) is 16.7 Å². The van der Waals surface area contributed by atoms with Crippen molar-refractivity contribution < 1.29 is 0 Å². The Labute approximate surface area is 69.4 Å². The Kier molecular flexibility index (Phi) is 1.26. The highest BCUT2D eigenvalue weighted by Gasteiger charge is 2.59. The fraction of sp³-hybridized carbons (Fsp3) is 1.00. The van der Waals surface area contributed by atoms with Gasteiger partial charge in [-0.25, -0.2) is 0 Å². The highest BCUT2D eigenvalue weighted by molar-refractivity contribution is 5.10. The molecule has 1 heteroatoms. The molecule has 2 saturated carbocycles. The topological polar surface area (TPSA) is 26.0 Å². The van der Waals surface area contributed by atoms with Gasteiger partial charge in [-0.05, 0) is 36.0 Å². The molecule has 0 radical (unpaired) electrons. The standard InChI is InChI=1S/C10H19N/c1-9(2)7-4-5-10(9,3)6-8(7)11/h7-8H,4-6,11H2,1-3H3. The lowest BCUT2D eigenvalue weighted by atomic mass is 9.71. The molecule has 2 aliphatic rings. The predicted octanol–water partition coefficient (Wildman–Crippen LogP) is 2.16. The van der Waals surface area contributed by atoms with Gasteiger partial charge < -0.3 is 5.73 Å². The van der Waals surface area contributed by atoms with Crippen LogP contribution in [0.2, 0.25) is 0 Å². The summed E-state index contributed by atoms with van der Waals surface area (Å²) in [5, 5.41) is 0. The third-order valence-corrected chi connectivity index (χ3v) is 4.69.